The number of aromatic amines is 1. The topological polar surface area (TPSA) is 99.0 Å². The third-order valence-corrected chi connectivity index (χ3v) is 5.61. The Morgan fingerprint density at radius 3 is 2.56 bits per heavy atom. The maximum Gasteiger partial charge on any atom is 0.240 e. The summed E-state index contributed by atoms with van der Waals surface area (Å²) >= 11 is 0. The zero-order valence-corrected chi connectivity index (χ0v) is 16.0. The third-order valence-electron chi connectivity index (χ3n) is 4.13. The first kappa shape index (κ1) is 19.1. The molecule has 3 aromatic rings. The van der Waals surface area contributed by atoms with Gasteiger partial charge in [-0.1, -0.05) is 18.2 Å². The van der Waals surface area contributed by atoms with Gasteiger partial charge in [-0.25, -0.2) is 13.1 Å². The van der Waals surface area contributed by atoms with Crippen LogP contribution in [0.15, 0.2) is 58.4 Å². The summed E-state index contributed by atoms with van der Waals surface area (Å²) in [7, 11) is 0.403. The second-order valence-electron chi connectivity index (χ2n) is 6.54. The van der Waals surface area contributed by atoms with Crippen LogP contribution in [0.1, 0.15) is 5.56 Å². The van der Waals surface area contributed by atoms with Crippen molar-refractivity contribution in [3.05, 3.63) is 54.1 Å². The molecule has 0 saturated heterocycles. The molecule has 0 radical (unpaired) electrons. The van der Waals surface area contributed by atoms with Crippen LogP contribution in [0.2, 0.25) is 0 Å². The smallest absolute Gasteiger partial charge is 0.240 e. The molecule has 4 N–H and O–H groups in total. The molecule has 3 rings (SSSR count). The van der Waals surface area contributed by atoms with E-state index in [9.17, 15) is 13.5 Å². The minimum Gasteiger partial charge on any atom is -0.494 e. The summed E-state index contributed by atoms with van der Waals surface area (Å²) in [6.07, 6.45) is 1.57. The van der Waals surface area contributed by atoms with Crippen LogP contribution in [0, 0.1) is 0 Å². The lowest BCUT2D eigenvalue weighted by molar-refractivity contribution is -0.856. The molecule has 0 unspecified atom stereocenters. The molecule has 0 spiro atoms. The lowest BCUT2D eigenvalue weighted by Gasteiger charge is -2.09. The van der Waals surface area contributed by atoms with Gasteiger partial charge < -0.3 is 15.0 Å². The van der Waals surface area contributed by atoms with Crippen LogP contribution in [0.4, 0.5) is 5.69 Å². The highest BCUT2D eigenvalue weighted by atomic mass is 32.2. The number of aromatic nitrogens is 1. The maximum absolute atomic E-state index is 12.3. The molecule has 1 heterocycles. The fourth-order valence-corrected chi connectivity index (χ4v) is 3.68. The van der Waals surface area contributed by atoms with Gasteiger partial charge in [-0.15, -0.1) is 0 Å². The third kappa shape index (κ3) is 4.54. The van der Waals surface area contributed by atoms with Crippen molar-refractivity contribution in [3.63, 3.8) is 0 Å². The van der Waals surface area contributed by atoms with Gasteiger partial charge in [0.15, 0.2) is 5.88 Å². The van der Waals surface area contributed by atoms with Crippen LogP contribution in [-0.2, 0) is 10.0 Å². The predicted octanol–water partition coefficient (Wildman–Crippen LogP) is 1.05. The van der Waals surface area contributed by atoms with Gasteiger partial charge in [0.05, 0.1) is 43.3 Å². The van der Waals surface area contributed by atoms with Crippen LogP contribution in [0.3, 0.4) is 0 Å². The molecular weight excluding hydrogens is 364 g/mol. The largest absolute Gasteiger partial charge is 0.494 e. The van der Waals surface area contributed by atoms with E-state index in [1.807, 2.05) is 38.4 Å². The van der Waals surface area contributed by atoms with Crippen molar-refractivity contribution in [2.24, 2.45) is 4.99 Å². The maximum atomic E-state index is 12.3. The van der Waals surface area contributed by atoms with Gasteiger partial charge in [-0.3, -0.25) is 4.99 Å². The van der Waals surface area contributed by atoms with Crippen molar-refractivity contribution in [2.45, 2.75) is 4.90 Å². The molecule has 0 aliphatic rings. The summed E-state index contributed by atoms with van der Waals surface area (Å²) in [6, 6.07) is 13.8. The molecule has 0 fully saturated rings. The average molecular weight is 387 g/mol. The number of hydrogen-bond acceptors (Lipinski definition) is 4. The van der Waals surface area contributed by atoms with E-state index in [4.69, 9.17) is 0 Å². The molecule has 0 aliphatic carbocycles. The van der Waals surface area contributed by atoms with E-state index in [0.29, 0.717) is 24.3 Å². The van der Waals surface area contributed by atoms with Gasteiger partial charge in [0.1, 0.15) is 0 Å². The molecule has 0 atom stereocenters. The van der Waals surface area contributed by atoms with Gasteiger partial charge in [0.25, 0.3) is 0 Å². The number of likely N-dealkylation sites (N-methyl/N-ethyl adjacent to an activating group) is 1. The quantitative estimate of drug-likeness (QED) is 0.456. The van der Waals surface area contributed by atoms with Crippen LogP contribution in [-0.4, -0.2) is 51.9 Å². The molecular formula is C19H23N4O3S+. The lowest BCUT2D eigenvalue weighted by atomic mass is 10.2. The number of aliphatic imine (C=N–C) groups is 1. The number of H-pyrrole nitrogens is 1. The SMILES string of the molecule is C[NH+](C)CCNS(=O)(=O)c1ccc(N=Cc2c(O)[nH]c3ccccc23)cc1. The number of nitrogens with zero attached hydrogens (tertiary/aromatic N) is 1. The summed E-state index contributed by atoms with van der Waals surface area (Å²) in [4.78, 5) is 8.61. The number of rotatable bonds is 7. The van der Waals surface area contributed by atoms with E-state index in [-0.39, 0.29) is 10.8 Å². The van der Waals surface area contributed by atoms with Crippen molar-refractivity contribution in [3.8, 4) is 5.88 Å². The molecule has 0 amide bonds. The van der Waals surface area contributed by atoms with Gasteiger partial charge in [-0.05, 0) is 30.3 Å². The van der Waals surface area contributed by atoms with Gasteiger partial charge in [0.2, 0.25) is 10.0 Å². The highest BCUT2D eigenvalue weighted by molar-refractivity contribution is 7.89. The van der Waals surface area contributed by atoms with E-state index >= 15 is 0 Å². The zero-order chi connectivity index (χ0) is 19.4. The number of para-hydroxylation sites is 1. The minimum atomic E-state index is -3.53. The Kier molecular flexibility index (Phi) is 5.59. The number of fused-ring (bicyclic) bond motifs is 1. The van der Waals surface area contributed by atoms with Crippen molar-refractivity contribution in [2.75, 3.05) is 27.2 Å². The summed E-state index contributed by atoms with van der Waals surface area (Å²) in [6.45, 7) is 1.08. The van der Waals surface area contributed by atoms with Crippen LogP contribution in [0.5, 0.6) is 5.88 Å². The van der Waals surface area contributed by atoms with E-state index in [0.717, 1.165) is 10.9 Å². The summed E-state index contributed by atoms with van der Waals surface area (Å²) in [5, 5.41) is 10.9. The highest BCUT2D eigenvalue weighted by Gasteiger charge is 2.13. The number of aromatic hydroxyl groups is 1. The Balaban J connectivity index is 1.75. The first-order valence-corrected chi connectivity index (χ1v) is 10.1. The highest BCUT2D eigenvalue weighted by Crippen LogP contribution is 2.26. The molecule has 8 heteroatoms. The number of sulfonamides is 1. The second-order valence-corrected chi connectivity index (χ2v) is 8.31. The Labute approximate surface area is 158 Å². The van der Waals surface area contributed by atoms with Gasteiger partial charge in [0, 0.05) is 17.1 Å². The fraction of sp³-hybridized carbons (Fsp3) is 0.211. The second kappa shape index (κ2) is 7.91. The van der Waals surface area contributed by atoms with Crippen LogP contribution >= 0.6 is 0 Å². The van der Waals surface area contributed by atoms with Gasteiger partial charge >= 0.3 is 0 Å². The van der Waals surface area contributed by atoms with Crippen LogP contribution in [0.25, 0.3) is 10.9 Å². The molecule has 0 bridgehead atoms. The van der Waals surface area contributed by atoms with Crippen molar-refractivity contribution < 1.29 is 18.4 Å². The van der Waals surface area contributed by atoms with Crippen molar-refractivity contribution >= 4 is 32.8 Å². The summed E-state index contributed by atoms with van der Waals surface area (Å²) in [5.41, 5.74) is 2.01. The number of hydrogen-bond donors (Lipinski definition) is 4. The number of quaternary nitrogens is 1. The lowest BCUT2D eigenvalue weighted by Crippen LogP contribution is -3.06. The molecule has 2 aromatic carbocycles. The Morgan fingerprint density at radius 2 is 1.85 bits per heavy atom. The summed E-state index contributed by atoms with van der Waals surface area (Å²) < 4.78 is 27.1. The van der Waals surface area contributed by atoms with Crippen molar-refractivity contribution in [1.82, 2.24) is 9.71 Å². The first-order valence-electron chi connectivity index (χ1n) is 8.59. The number of benzene rings is 2. The van der Waals surface area contributed by atoms with E-state index in [1.54, 1.807) is 18.3 Å². The Morgan fingerprint density at radius 1 is 1.15 bits per heavy atom. The predicted molar refractivity (Wildman–Crippen MR) is 107 cm³/mol. The fourth-order valence-electron chi connectivity index (χ4n) is 2.65. The molecule has 0 saturated carbocycles. The number of nitrogens with one attached hydrogen (secondary N) is 3. The van der Waals surface area contributed by atoms with E-state index in [1.165, 1.54) is 17.0 Å². The van der Waals surface area contributed by atoms with E-state index in [2.05, 4.69) is 14.7 Å². The molecule has 27 heavy (non-hydrogen) atoms. The molecule has 0 aliphatic heterocycles. The van der Waals surface area contributed by atoms with E-state index < -0.39 is 10.0 Å². The molecule has 7 nitrogen and oxygen atoms in total. The van der Waals surface area contributed by atoms with Crippen LogP contribution < -0.4 is 9.62 Å². The minimum absolute atomic E-state index is 0.0476. The summed E-state index contributed by atoms with van der Waals surface area (Å²) in [5.74, 6) is 0.0476. The Bertz CT molecular complexity index is 1050. The normalized spacial score (nSPS) is 12.4. The first-order chi connectivity index (χ1) is 12.9. The van der Waals surface area contributed by atoms with Gasteiger partial charge in [-0.2, -0.15) is 0 Å². The standard InChI is InChI=1S/C19H22N4O3S/c1-23(2)12-11-21-27(25,26)15-9-7-14(8-10-15)20-13-17-16-5-3-4-6-18(16)22-19(17)24/h3-10,13,21-22,24H,11-12H2,1-2H3/p+1. The Hall–Kier alpha value is -2.68. The average Bonchev–Trinajstić information content (AvgIpc) is 2.95. The monoisotopic (exact) mass is 387 g/mol. The van der Waals surface area contributed by atoms with Crippen molar-refractivity contribution in [1.29, 1.82) is 0 Å². The molecule has 1 aromatic heterocycles. The molecule has 142 valence electrons. The zero-order valence-electron chi connectivity index (χ0n) is 15.2.